The molecule has 4 rings (SSSR count). The summed E-state index contributed by atoms with van der Waals surface area (Å²) in [5.74, 6) is 1.29. The molecule has 0 bridgehead atoms. The summed E-state index contributed by atoms with van der Waals surface area (Å²) in [7, 11) is 1.63. The Morgan fingerprint density at radius 3 is 2.43 bits per heavy atom. The van der Waals surface area contributed by atoms with Gasteiger partial charge in [-0.1, -0.05) is 48.5 Å². The van der Waals surface area contributed by atoms with Crippen molar-refractivity contribution in [1.29, 1.82) is 0 Å². The minimum absolute atomic E-state index is 0.109. The van der Waals surface area contributed by atoms with Gasteiger partial charge in [0.05, 0.1) is 18.2 Å². The van der Waals surface area contributed by atoms with Crippen LogP contribution in [0.1, 0.15) is 15.9 Å². The summed E-state index contributed by atoms with van der Waals surface area (Å²) in [4.78, 5) is 17.6. The van der Waals surface area contributed by atoms with Crippen LogP contribution >= 0.6 is 0 Å². The first-order valence-electron chi connectivity index (χ1n) is 9.86. The standard InChI is InChI=1S/C25H23N3O2/c1-30-20-13-11-19(12-14-20)27-24-17-22(21-9-5-6-10-23(21)28-24)25(29)26-16-15-18-7-3-2-4-8-18/h2-14,17H,15-16H2,1H3,(H,26,29)(H,27,28). The van der Waals surface area contributed by atoms with E-state index in [1.807, 2.05) is 66.7 Å². The highest BCUT2D eigenvalue weighted by molar-refractivity contribution is 6.07. The molecular weight excluding hydrogens is 374 g/mol. The molecule has 0 aliphatic rings. The third-order valence-electron chi connectivity index (χ3n) is 4.87. The van der Waals surface area contributed by atoms with Gasteiger partial charge in [0.1, 0.15) is 11.6 Å². The molecule has 3 aromatic carbocycles. The van der Waals surface area contributed by atoms with Crippen LogP contribution in [0.3, 0.4) is 0 Å². The fourth-order valence-electron chi connectivity index (χ4n) is 3.31. The quantitative estimate of drug-likeness (QED) is 0.463. The summed E-state index contributed by atoms with van der Waals surface area (Å²) in [5.41, 5.74) is 3.43. The number of carbonyl (C=O) groups excluding carboxylic acids is 1. The van der Waals surface area contributed by atoms with E-state index in [4.69, 9.17) is 4.74 Å². The van der Waals surface area contributed by atoms with Gasteiger partial charge in [-0.05, 0) is 48.4 Å². The second-order valence-electron chi connectivity index (χ2n) is 6.92. The van der Waals surface area contributed by atoms with Gasteiger partial charge in [-0.25, -0.2) is 4.98 Å². The number of hydrogen-bond donors (Lipinski definition) is 2. The van der Waals surface area contributed by atoms with Crippen LogP contribution in [0, 0.1) is 0 Å². The zero-order chi connectivity index (χ0) is 20.8. The van der Waals surface area contributed by atoms with E-state index in [2.05, 4.69) is 27.8 Å². The first-order valence-corrected chi connectivity index (χ1v) is 9.86. The topological polar surface area (TPSA) is 63.2 Å². The number of nitrogens with one attached hydrogen (secondary N) is 2. The molecule has 150 valence electrons. The molecule has 0 fully saturated rings. The van der Waals surface area contributed by atoms with E-state index in [9.17, 15) is 4.79 Å². The average Bonchev–Trinajstić information content (AvgIpc) is 2.79. The second kappa shape index (κ2) is 9.09. The van der Waals surface area contributed by atoms with Crippen molar-refractivity contribution in [2.24, 2.45) is 0 Å². The number of para-hydroxylation sites is 1. The van der Waals surface area contributed by atoms with Crippen molar-refractivity contribution < 1.29 is 9.53 Å². The molecule has 1 heterocycles. The van der Waals surface area contributed by atoms with Crippen molar-refractivity contribution in [3.8, 4) is 5.75 Å². The van der Waals surface area contributed by atoms with Gasteiger partial charge in [-0.15, -0.1) is 0 Å². The fourth-order valence-corrected chi connectivity index (χ4v) is 3.31. The number of pyridine rings is 1. The molecule has 1 amide bonds. The van der Waals surface area contributed by atoms with E-state index in [0.717, 1.165) is 28.8 Å². The minimum atomic E-state index is -0.109. The molecule has 0 atom stereocenters. The number of carbonyl (C=O) groups is 1. The molecule has 5 nitrogen and oxygen atoms in total. The SMILES string of the molecule is COc1ccc(Nc2cc(C(=O)NCCc3ccccc3)c3ccccc3n2)cc1. The summed E-state index contributed by atoms with van der Waals surface area (Å²) in [6.45, 7) is 0.570. The molecule has 0 unspecified atom stereocenters. The molecule has 5 heteroatoms. The van der Waals surface area contributed by atoms with Crippen LogP contribution in [0.2, 0.25) is 0 Å². The van der Waals surface area contributed by atoms with Crippen molar-refractivity contribution in [3.63, 3.8) is 0 Å². The highest BCUT2D eigenvalue weighted by Gasteiger charge is 2.13. The minimum Gasteiger partial charge on any atom is -0.497 e. The van der Waals surface area contributed by atoms with Gasteiger partial charge in [0, 0.05) is 17.6 Å². The van der Waals surface area contributed by atoms with Gasteiger partial charge < -0.3 is 15.4 Å². The van der Waals surface area contributed by atoms with Crippen LogP contribution < -0.4 is 15.4 Å². The number of methoxy groups -OCH3 is 1. The summed E-state index contributed by atoms with van der Waals surface area (Å²) in [6, 6.07) is 27.2. The van der Waals surface area contributed by atoms with E-state index in [-0.39, 0.29) is 5.91 Å². The van der Waals surface area contributed by atoms with Crippen molar-refractivity contribution in [1.82, 2.24) is 10.3 Å². The maximum Gasteiger partial charge on any atom is 0.252 e. The summed E-state index contributed by atoms with van der Waals surface area (Å²) >= 11 is 0. The molecule has 2 N–H and O–H groups in total. The second-order valence-corrected chi connectivity index (χ2v) is 6.92. The van der Waals surface area contributed by atoms with Gasteiger partial charge in [-0.3, -0.25) is 4.79 Å². The molecule has 0 spiro atoms. The van der Waals surface area contributed by atoms with Gasteiger partial charge in [-0.2, -0.15) is 0 Å². The summed E-state index contributed by atoms with van der Waals surface area (Å²) < 4.78 is 5.20. The number of aromatic nitrogens is 1. The lowest BCUT2D eigenvalue weighted by molar-refractivity contribution is 0.0956. The molecule has 0 saturated heterocycles. The highest BCUT2D eigenvalue weighted by atomic mass is 16.5. The molecular formula is C25H23N3O2. The van der Waals surface area contributed by atoms with E-state index in [0.29, 0.717) is 17.9 Å². The van der Waals surface area contributed by atoms with Gasteiger partial charge in [0.2, 0.25) is 0 Å². The monoisotopic (exact) mass is 397 g/mol. The predicted molar refractivity (Wildman–Crippen MR) is 120 cm³/mol. The van der Waals surface area contributed by atoms with Crippen LogP contribution in [0.25, 0.3) is 10.9 Å². The summed E-state index contributed by atoms with van der Waals surface area (Å²) in [6.07, 6.45) is 0.784. The number of hydrogen-bond acceptors (Lipinski definition) is 4. The number of amides is 1. The average molecular weight is 397 g/mol. The van der Waals surface area contributed by atoms with Crippen molar-refractivity contribution in [2.45, 2.75) is 6.42 Å². The van der Waals surface area contributed by atoms with E-state index in [1.54, 1.807) is 13.2 Å². The maximum atomic E-state index is 13.0. The predicted octanol–water partition coefficient (Wildman–Crippen LogP) is 4.96. The van der Waals surface area contributed by atoms with Crippen LogP contribution in [0.5, 0.6) is 5.75 Å². The Hall–Kier alpha value is -3.86. The zero-order valence-electron chi connectivity index (χ0n) is 16.8. The number of benzene rings is 3. The van der Waals surface area contributed by atoms with Crippen LogP contribution in [0.15, 0.2) is 84.9 Å². The number of ether oxygens (including phenoxy) is 1. The van der Waals surface area contributed by atoms with Crippen LogP contribution in [0.4, 0.5) is 11.5 Å². The van der Waals surface area contributed by atoms with Gasteiger partial charge >= 0.3 is 0 Å². The van der Waals surface area contributed by atoms with Gasteiger partial charge in [0.15, 0.2) is 0 Å². The molecule has 0 aliphatic heterocycles. The largest absolute Gasteiger partial charge is 0.497 e. The van der Waals surface area contributed by atoms with Crippen LogP contribution in [-0.2, 0) is 6.42 Å². The smallest absolute Gasteiger partial charge is 0.252 e. The van der Waals surface area contributed by atoms with Crippen molar-refractivity contribution in [3.05, 3.63) is 96.1 Å². The van der Waals surface area contributed by atoms with E-state index in [1.165, 1.54) is 5.56 Å². The Bertz CT molecular complexity index is 1140. The molecule has 0 aliphatic carbocycles. The number of rotatable bonds is 7. The molecule has 30 heavy (non-hydrogen) atoms. The Morgan fingerprint density at radius 2 is 1.67 bits per heavy atom. The van der Waals surface area contributed by atoms with Crippen molar-refractivity contribution in [2.75, 3.05) is 19.0 Å². The lowest BCUT2D eigenvalue weighted by Crippen LogP contribution is -2.26. The number of anilines is 2. The third-order valence-corrected chi connectivity index (χ3v) is 4.87. The Morgan fingerprint density at radius 1 is 0.933 bits per heavy atom. The fraction of sp³-hybridized carbons (Fsp3) is 0.120. The Balaban J connectivity index is 1.55. The molecule has 0 radical (unpaired) electrons. The normalized spacial score (nSPS) is 10.6. The van der Waals surface area contributed by atoms with Crippen molar-refractivity contribution >= 4 is 28.3 Å². The molecule has 0 saturated carbocycles. The highest BCUT2D eigenvalue weighted by Crippen LogP contribution is 2.24. The lowest BCUT2D eigenvalue weighted by Gasteiger charge is -2.12. The molecule has 1 aromatic heterocycles. The third kappa shape index (κ3) is 4.58. The maximum absolute atomic E-state index is 13.0. The number of nitrogens with zero attached hydrogens (tertiary/aromatic N) is 1. The Kier molecular flexibility index (Phi) is 5.90. The van der Waals surface area contributed by atoms with E-state index >= 15 is 0 Å². The first-order chi connectivity index (χ1) is 14.7. The molecule has 4 aromatic rings. The Labute approximate surface area is 175 Å². The van der Waals surface area contributed by atoms with E-state index < -0.39 is 0 Å². The van der Waals surface area contributed by atoms with Crippen LogP contribution in [-0.4, -0.2) is 24.5 Å². The summed E-state index contributed by atoms with van der Waals surface area (Å²) in [5, 5.41) is 7.14. The lowest BCUT2D eigenvalue weighted by atomic mass is 10.1. The van der Waals surface area contributed by atoms with Gasteiger partial charge in [0.25, 0.3) is 5.91 Å². The zero-order valence-corrected chi connectivity index (χ0v) is 16.8. The first kappa shape index (κ1) is 19.5. The number of fused-ring (bicyclic) bond motifs is 1.